The number of amides is 2. The van der Waals surface area contributed by atoms with Gasteiger partial charge in [0.15, 0.2) is 0 Å². The monoisotopic (exact) mass is 330 g/mol. The molecule has 3 aliphatic heterocycles. The van der Waals surface area contributed by atoms with Crippen molar-refractivity contribution in [1.82, 2.24) is 9.80 Å². The van der Waals surface area contributed by atoms with Gasteiger partial charge in [0.05, 0.1) is 31.3 Å². The van der Waals surface area contributed by atoms with Crippen molar-refractivity contribution < 1.29 is 19.1 Å². The van der Waals surface area contributed by atoms with Crippen LogP contribution in [0.3, 0.4) is 0 Å². The summed E-state index contributed by atoms with van der Waals surface area (Å²) in [6, 6.07) is -0.804. The molecule has 0 saturated carbocycles. The van der Waals surface area contributed by atoms with E-state index < -0.39 is 6.09 Å². The number of carbonyl (C=O) groups excluding carboxylic acids is 2. The van der Waals surface area contributed by atoms with E-state index in [1.807, 2.05) is 42.5 Å². The summed E-state index contributed by atoms with van der Waals surface area (Å²) in [7, 11) is 0. The lowest BCUT2D eigenvalue weighted by molar-refractivity contribution is 0.0618. The largest absolute Gasteiger partial charge is 0.450 e. The first kappa shape index (κ1) is 16.4. The summed E-state index contributed by atoms with van der Waals surface area (Å²) in [6.07, 6.45) is 14.7. The molecule has 6 nitrogen and oxygen atoms in total. The second-order valence-electron chi connectivity index (χ2n) is 5.76. The number of carbonyl (C=O) groups is 2. The molecule has 24 heavy (non-hydrogen) atoms. The lowest BCUT2D eigenvalue weighted by Gasteiger charge is -2.41. The average molecular weight is 330 g/mol. The first-order valence-corrected chi connectivity index (χ1v) is 8.29. The summed E-state index contributed by atoms with van der Waals surface area (Å²) in [6.45, 7) is 4.17. The van der Waals surface area contributed by atoms with Crippen molar-refractivity contribution >= 4 is 12.2 Å². The highest BCUT2D eigenvalue weighted by molar-refractivity contribution is 5.73. The zero-order valence-corrected chi connectivity index (χ0v) is 13.9. The Morgan fingerprint density at radius 1 is 0.833 bits per heavy atom. The van der Waals surface area contributed by atoms with Crippen LogP contribution in [-0.2, 0) is 9.47 Å². The Hall–Kier alpha value is -2.50. The molecule has 0 aliphatic carbocycles. The average Bonchev–Trinajstić information content (AvgIpc) is 2.97. The Bertz CT molecular complexity index is 623. The molecule has 0 spiro atoms. The van der Waals surface area contributed by atoms with E-state index in [0.717, 1.165) is 0 Å². The molecule has 0 aromatic heterocycles. The van der Waals surface area contributed by atoms with Crippen molar-refractivity contribution in [2.24, 2.45) is 5.92 Å². The molecule has 0 aromatic rings. The molecule has 0 aromatic carbocycles. The van der Waals surface area contributed by atoms with Gasteiger partial charge in [-0.15, -0.1) is 0 Å². The lowest BCUT2D eigenvalue weighted by atomic mass is 9.97. The molecule has 3 heterocycles. The van der Waals surface area contributed by atoms with Gasteiger partial charge in [-0.1, -0.05) is 42.5 Å². The molecule has 3 rings (SSSR count). The number of fused-ring (bicyclic) bond motifs is 6. The zero-order valence-electron chi connectivity index (χ0n) is 13.9. The van der Waals surface area contributed by atoms with Gasteiger partial charge < -0.3 is 9.47 Å². The molecule has 0 saturated heterocycles. The fourth-order valence-electron chi connectivity index (χ4n) is 3.35. The molecular weight excluding hydrogens is 308 g/mol. The number of hydrogen-bond donors (Lipinski definition) is 0. The minimum Gasteiger partial charge on any atom is -0.450 e. The normalized spacial score (nSPS) is 29.9. The lowest BCUT2D eigenvalue weighted by Crippen LogP contribution is -2.56. The smallest absolute Gasteiger partial charge is 0.414 e. The minimum absolute atomic E-state index is 0.0301. The fourth-order valence-corrected chi connectivity index (χ4v) is 3.35. The van der Waals surface area contributed by atoms with Gasteiger partial charge in [-0.3, -0.25) is 9.80 Å². The van der Waals surface area contributed by atoms with Crippen LogP contribution in [0.25, 0.3) is 0 Å². The maximum absolute atomic E-state index is 12.6. The number of rotatable bonds is 2. The summed E-state index contributed by atoms with van der Waals surface area (Å²) >= 11 is 0. The second-order valence-corrected chi connectivity index (χ2v) is 5.76. The molecule has 0 unspecified atom stereocenters. The summed E-state index contributed by atoms with van der Waals surface area (Å²) in [5.74, 6) is -0.0301. The number of ether oxygens (including phenoxy) is 2. The quantitative estimate of drug-likeness (QED) is 0.731. The second kappa shape index (κ2) is 6.95. The Kier molecular flexibility index (Phi) is 4.74. The van der Waals surface area contributed by atoms with E-state index in [4.69, 9.17) is 9.47 Å². The molecule has 4 atom stereocenters. The van der Waals surface area contributed by atoms with E-state index in [0.29, 0.717) is 13.2 Å². The summed E-state index contributed by atoms with van der Waals surface area (Å²) in [5.41, 5.74) is 0. The van der Waals surface area contributed by atoms with Gasteiger partial charge in [-0.25, -0.2) is 9.59 Å². The predicted molar refractivity (Wildman–Crippen MR) is 89.1 cm³/mol. The SMILES string of the molecule is CCOC(=O)N1C=C[C@@H]2C=C[C@H]1[C@@H]1C=CC=C[C@@H]2N1C(=O)OCC. The molecular formula is C18H22N2O4. The highest BCUT2D eigenvalue weighted by atomic mass is 16.6. The molecule has 2 amide bonds. The molecule has 3 aliphatic rings. The van der Waals surface area contributed by atoms with Crippen LogP contribution < -0.4 is 0 Å². The van der Waals surface area contributed by atoms with Crippen LogP contribution in [0, 0.1) is 5.92 Å². The van der Waals surface area contributed by atoms with Gasteiger partial charge in [0.1, 0.15) is 0 Å². The van der Waals surface area contributed by atoms with Gasteiger partial charge in [0, 0.05) is 12.1 Å². The Labute approximate surface area is 141 Å². The van der Waals surface area contributed by atoms with Gasteiger partial charge in [-0.05, 0) is 13.8 Å². The maximum atomic E-state index is 12.6. The molecule has 0 fully saturated rings. The molecule has 6 heteroatoms. The molecule has 0 radical (unpaired) electrons. The zero-order chi connectivity index (χ0) is 17.1. The van der Waals surface area contributed by atoms with Gasteiger partial charge in [0.2, 0.25) is 0 Å². The highest BCUT2D eigenvalue weighted by Gasteiger charge is 2.43. The number of allylic oxidation sites excluding steroid dienone is 2. The topological polar surface area (TPSA) is 59.1 Å². The Morgan fingerprint density at radius 3 is 2.21 bits per heavy atom. The van der Waals surface area contributed by atoms with Gasteiger partial charge in [-0.2, -0.15) is 0 Å². The van der Waals surface area contributed by atoms with Crippen LogP contribution in [0.5, 0.6) is 0 Å². The van der Waals surface area contributed by atoms with E-state index in [9.17, 15) is 9.59 Å². The van der Waals surface area contributed by atoms with Crippen molar-refractivity contribution in [2.45, 2.75) is 32.0 Å². The van der Waals surface area contributed by atoms with E-state index >= 15 is 0 Å². The van der Waals surface area contributed by atoms with Gasteiger partial charge >= 0.3 is 12.2 Å². The van der Waals surface area contributed by atoms with Crippen LogP contribution in [0.15, 0.2) is 48.7 Å². The van der Waals surface area contributed by atoms with Crippen LogP contribution in [-0.4, -0.2) is 53.3 Å². The molecule has 0 N–H and O–H groups in total. The fraction of sp³-hybridized carbons (Fsp3) is 0.444. The third-order valence-corrected chi connectivity index (χ3v) is 4.39. The third kappa shape index (κ3) is 2.84. The Balaban J connectivity index is 2.03. The summed E-state index contributed by atoms with van der Waals surface area (Å²) in [5, 5.41) is 0. The van der Waals surface area contributed by atoms with E-state index in [1.165, 1.54) is 0 Å². The van der Waals surface area contributed by atoms with Crippen molar-refractivity contribution in [3.05, 3.63) is 48.7 Å². The first-order valence-electron chi connectivity index (χ1n) is 8.29. The molecule has 4 bridgehead atoms. The number of nitrogens with zero attached hydrogens (tertiary/aromatic N) is 2. The van der Waals surface area contributed by atoms with E-state index in [1.54, 1.807) is 29.8 Å². The Morgan fingerprint density at radius 2 is 1.50 bits per heavy atom. The predicted octanol–water partition coefficient (Wildman–Crippen LogP) is 2.85. The van der Waals surface area contributed by atoms with Crippen molar-refractivity contribution in [3.8, 4) is 0 Å². The van der Waals surface area contributed by atoms with E-state index in [-0.39, 0.29) is 30.1 Å². The van der Waals surface area contributed by atoms with E-state index in [2.05, 4.69) is 0 Å². The van der Waals surface area contributed by atoms with Crippen molar-refractivity contribution in [3.63, 3.8) is 0 Å². The maximum Gasteiger partial charge on any atom is 0.414 e. The first-order chi connectivity index (χ1) is 11.7. The van der Waals surface area contributed by atoms with Crippen LogP contribution in [0.2, 0.25) is 0 Å². The minimum atomic E-state index is -0.420. The summed E-state index contributed by atoms with van der Waals surface area (Å²) in [4.78, 5) is 28.2. The van der Waals surface area contributed by atoms with Crippen molar-refractivity contribution in [2.75, 3.05) is 13.2 Å². The third-order valence-electron chi connectivity index (χ3n) is 4.39. The van der Waals surface area contributed by atoms with Crippen LogP contribution in [0.4, 0.5) is 9.59 Å². The standard InChI is InChI=1S/C18H22N2O4/c1-3-23-17(21)19-12-11-13-9-10-15(19)16-8-6-5-7-14(13)20(16)18(22)24-4-2/h5-16H,3-4H2,1-2H3/t13-,14-,15-,16-/m0/s1. The molecule has 128 valence electrons. The van der Waals surface area contributed by atoms with Crippen molar-refractivity contribution in [1.29, 1.82) is 0 Å². The number of hydrogen-bond acceptors (Lipinski definition) is 4. The van der Waals surface area contributed by atoms with Gasteiger partial charge in [0.25, 0.3) is 0 Å². The van der Waals surface area contributed by atoms with Crippen LogP contribution >= 0.6 is 0 Å². The summed E-state index contributed by atoms with van der Waals surface area (Å²) < 4.78 is 10.4. The van der Waals surface area contributed by atoms with Crippen LogP contribution in [0.1, 0.15) is 13.8 Å². The highest BCUT2D eigenvalue weighted by Crippen LogP contribution is 2.33.